The minimum absolute atomic E-state index is 0.0354. The van der Waals surface area contributed by atoms with Gasteiger partial charge in [0.15, 0.2) is 0 Å². The molecule has 33 heavy (non-hydrogen) atoms. The molecule has 5 heteroatoms. The van der Waals surface area contributed by atoms with Crippen molar-refractivity contribution in [2.75, 3.05) is 19.7 Å². The lowest BCUT2D eigenvalue weighted by atomic mass is 9.87. The summed E-state index contributed by atoms with van der Waals surface area (Å²) in [6.45, 7) is 2.43. The molecule has 2 amide bonds. The second-order valence-corrected chi connectivity index (χ2v) is 8.93. The average molecular weight is 441 g/mol. The van der Waals surface area contributed by atoms with Crippen LogP contribution in [-0.4, -0.2) is 47.5 Å². The maximum absolute atomic E-state index is 13.8. The highest BCUT2D eigenvalue weighted by Gasteiger charge is 2.46. The van der Waals surface area contributed by atoms with Gasteiger partial charge in [0.05, 0.1) is 12.0 Å². The van der Waals surface area contributed by atoms with E-state index in [1.165, 1.54) is 10.5 Å². The van der Waals surface area contributed by atoms with Gasteiger partial charge in [0, 0.05) is 25.6 Å². The van der Waals surface area contributed by atoms with Gasteiger partial charge in [0.2, 0.25) is 5.91 Å². The molecule has 2 saturated heterocycles. The largest absolute Gasteiger partial charge is 0.447 e. The van der Waals surface area contributed by atoms with Gasteiger partial charge in [-0.2, -0.15) is 0 Å². The summed E-state index contributed by atoms with van der Waals surface area (Å²) in [6, 6.07) is 30.2. The lowest BCUT2D eigenvalue weighted by Crippen LogP contribution is -2.45. The van der Waals surface area contributed by atoms with Crippen molar-refractivity contribution in [2.24, 2.45) is 5.92 Å². The molecule has 2 aliphatic rings. The number of hydrogen-bond donors (Lipinski definition) is 0. The molecule has 5 rings (SSSR count). The molecule has 5 nitrogen and oxygen atoms in total. The van der Waals surface area contributed by atoms with E-state index in [-0.39, 0.29) is 30.4 Å². The number of rotatable bonds is 6. The normalized spacial score (nSPS) is 23.0. The minimum atomic E-state index is -0.519. The van der Waals surface area contributed by atoms with Gasteiger partial charge >= 0.3 is 6.09 Å². The molecule has 0 radical (unpaired) electrons. The first-order valence-electron chi connectivity index (χ1n) is 11.5. The van der Waals surface area contributed by atoms with E-state index >= 15 is 0 Å². The molecule has 2 heterocycles. The van der Waals surface area contributed by atoms with Gasteiger partial charge in [-0.15, -0.1) is 0 Å². The van der Waals surface area contributed by atoms with Crippen LogP contribution in [0.1, 0.15) is 22.6 Å². The molecular formula is C28H28N2O3. The van der Waals surface area contributed by atoms with Crippen LogP contribution in [0.4, 0.5) is 4.79 Å². The fraction of sp³-hybridized carbons (Fsp3) is 0.286. The molecule has 3 aromatic rings. The average Bonchev–Trinajstić information content (AvgIpc) is 3.44. The Hall–Kier alpha value is -3.44. The Kier molecular flexibility index (Phi) is 6.22. The molecule has 0 bridgehead atoms. The van der Waals surface area contributed by atoms with Gasteiger partial charge in [-0.3, -0.25) is 9.69 Å². The van der Waals surface area contributed by atoms with Crippen molar-refractivity contribution in [1.29, 1.82) is 0 Å². The Bertz CT molecular complexity index is 1090. The van der Waals surface area contributed by atoms with E-state index in [9.17, 15) is 9.59 Å². The number of carbonyl (C=O) groups is 2. The van der Waals surface area contributed by atoms with Crippen LogP contribution < -0.4 is 0 Å². The van der Waals surface area contributed by atoms with Crippen molar-refractivity contribution in [3.8, 4) is 0 Å². The maximum atomic E-state index is 13.8. The van der Waals surface area contributed by atoms with Gasteiger partial charge < -0.3 is 4.74 Å². The summed E-state index contributed by atoms with van der Waals surface area (Å²) >= 11 is 0. The van der Waals surface area contributed by atoms with E-state index in [2.05, 4.69) is 29.2 Å². The molecule has 0 aromatic heterocycles. The number of likely N-dealkylation sites (tertiary alicyclic amines) is 1. The first-order valence-corrected chi connectivity index (χ1v) is 11.5. The third-order valence-electron chi connectivity index (χ3n) is 6.70. The van der Waals surface area contributed by atoms with E-state index in [0.29, 0.717) is 13.0 Å². The highest BCUT2D eigenvalue weighted by atomic mass is 16.6. The quantitative estimate of drug-likeness (QED) is 0.567. The van der Waals surface area contributed by atoms with Crippen LogP contribution in [0.25, 0.3) is 0 Å². The summed E-state index contributed by atoms with van der Waals surface area (Å²) in [6.07, 6.45) is 0.0867. The lowest BCUT2D eigenvalue weighted by molar-refractivity contribution is -0.133. The monoisotopic (exact) mass is 440 g/mol. The molecule has 0 spiro atoms. The molecule has 2 aliphatic heterocycles. The van der Waals surface area contributed by atoms with Gasteiger partial charge in [0.1, 0.15) is 6.61 Å². The van der Waals surface area contributed by atoms with E-state index in [1.807, 2.05) is 66.7 Å². The molecule has 0 N–H and O–H groups in total. The Morgan fingerprint density at radius 2 is 1.42 bits per heavy atom. The molecule has 2 fully saturated rings. The predicted molar refractivity (Wildman–Crippen MR) is 127 cm³/mol. The number of ether oxygens (including phenoxy) is 1. The second kappa shape index (κ2) is 9.59. The van der Waals surface area contributed by atoms with Crippen LogP contribution in [0.5, 0.6) is 0 Å². The number of benzene rings is 3. The zero-order valence-corrected chi connectivity index (χ0v) is 18.5. The van der Waals surface area contributed by atoms with Gasteiger partial charge in [-0.25, -0.2) is 9.69 Å². The van der Waals surface area contributed by atoms with Gasteiger partial charge in [0.25, 0.3) is 0 Å². The van der Waals surface area contributed by atoms with E-state index < -0.39 is 6.09 Å². The minimum Gasteiger partial charge on any atom is -0.447 e. The number of carbonyl (C=O) groups excluding carboxylic acids is 2. The molecule has 0 aliphatic carbocycles. The third kappa shape index (κ3) is 4.69. The number of nitrogens with zero attached hydrogens (tertiary/aromatic N) is 2. The maximum Gasteiger partial charge on any atom is 0.416 e. The third-order valence-corrected chi connectivity index (χ3v) is 6.70. The highest BCUT2D eigenvalue weighted by molar-refractivity contribution is 5.95. The predicted octanol–water partition coefficient (Wildman–Crippen LogP) is 4.49. The van der Waals surface area contributed by atoms with Crippen LogP contribution in [0.2, 0.25) is 0 Å². The van der Waals surface area contributed by atoms with Crippen LogP contribution in [-0.2, 0) is 22.5 Å². The Labute approximate surface area is 194 Å². The van der Waals surface area contributed by atoms with Crippen LogP contribution in [0, 0.1) is 5.92 Å². The Morgan fingerprint density at radius 3 is 2.09 bits per heavy atom. The van der Waals surface area contributed by atoms with Crippen molar-refractivity contribution in [3.05, 3.63) is 108 Å². The van der Waals surface area contributed by atoms with E-state index in [1.54, 1.807) is 0 Å². The topological polar surface area (TPSA) is 49.9 Å². The zero-order valence-electron chi connectivity index (χ0n) is 18.5. The number of cyclic esters (lactones) is 1. The van der Waals surface area contributed by atoms with Gasteiger partial charge in [-0.05, 0) is 23.1 Å². The summed E-state index contributed by atoms with van der Waals surface area (Å²) in [7, 11) is 0. The molecular weight excluding hydrogens is 412 g/mol. The Balaban J connectivity index is 1.39. The van der Waals surface area contributed by atoms with E-state index in [4.69, 9.17) is 4.74 Å². The molecule has 0 unspecified atom stereocenters. The lowest BCUT2D eigenvalue weighted by Gasteiger charge is -2.26. The van der Waals surface area contributed by atoms with Crippen LogP contribution >= 0.6 is 0 Å². The molecule has 3 aromatic carbocycles. The highest BCUT2D eigenvalue weighted by Crippen LogP contribution is 2.36. The summed E-state index contributed by atoms with van der Waals surface area (Å²) in [4.78, 5) is 30.2. The SMILES string of the molecule is O=C1OC[C@@H](Cc2ccccc2)N1C(=O)[C@H]1CN(Cc2ccccc2)C[C@@H]1c1ccccc1. The van der Waals surface area contributed by atoms with Crippen LogP contribution in [0.15, 0.2) is 91.0 Å². The standard InChI is InChI=1S/C28H28N2O3/c31-27(30-24(20-33-28(30)32)16-21-10-4-1-5-11-21)26-19-29(17-22-12-6-2-7-13-22)18-25(26)23-14-8-3-9-15-23/h1-15,24-26H,16-20H2/t24-,25-,26+/m1/s1. The summed E-state index contributed by atoms with van der Waals surface area (Å²) in [5, 5.41) is 0. The molecule has 3 atom stereocenters. The van der Waals surface area contributed by atoms with Crippen molar-refractivity contribution in [2.45, 2.75) is 24.9 Å². The number of hydrogen-bond acceptors (Lipinski definition) is 4. The smallest absolute Gasteiger partial charge is 0.416 e. The van der Waals surface area contributed by atoms with Crippen molar-refractivity contribution >= 4 is 12.0 Å². The fourth-order valence-corrected chi connectivity index (χ4v) is 5.09. The van der Waals surface area contributed by atoms with E-state index in [0.717, 1.165) is 24.2 Å². The Morgan fingerprint density at radius 1 is 0.818 bits per heavy atom. The number of amides is 2. The first-order chi connectivity index (χ1) is 16.2. The fourth-order valence-electron chi connectivity index (χ4n) is 5.09. The summed E-state index contributed by atoms with van der Waals surface area (Å²) in [5.41, 5.74) is 3.45. The molecule has 0 saturated carbocycles. The van der Waals surface area contributed by atoms with Crippen molar-refractivity contribution < 1.29 is 14.3 Å². The van der Waals surface area contributed by atoms with Crippen molar-refractivity contribution in [3.63, 3.8) is 0 Å². The second-order valence-electron chi connectivity index (χ2n) is 8.93. The first kappa shape index (κ1) is 21.4. The van der Waals surface area contributed by atoms with Gasteiger partial charge in [-0.1, -0.05) is 91.0 Å². The summed E-state index contributed by atoms with van der Waals surface area (Å²) in [5.74, 6) is -0.379. The molecule has 168 valence electrons. The number of imide groups is 1. The zero-order chi connectivity index (χ0) is 22.6. The van der Waals surface area contributed by atoms with Crippen LogP contribution in [0.3, 0.4) is 0 Å². The summed E-state index contributed by atoms with van der Waals surface area (Å²) < 4.78 is 5.35. The van der Waals surface area contributed by atoms with Crippen molar-refractivity contribution in [1.82, 2.24) is 9.80 Å².